The van der Waals surface area contributed by atoms with E-state index in [-0.39, 0.29) is 5.91 Å². The molecule has 22 heavy (non-hydrogen) atoms. The lowest BCUT2D eigenvalue weighted by molar-refractivity contribution is -0.125. The number of aryl methyl sites for hydroxylation is 1. The zero-order valence-electron chi connectivity index (χ0n) is 13.7. The van der Waals surface area contributed by atoms with Gasteiger partial charge in [-0.2, -0.15) is 16.8 Å². The highest BCUT2D eigenvalue weighted by molar-refractivity contribution is 7.98. The number of methoxy groups -OCH3 is 1. The van der Waals surface area contributed by atoms with E-state index in [0.717, 1.165) is 33.1 Å². The van der Waals surface area contributed by atoms with Gasteiger partial charge < -0.3 is 9.30 Å². The first-order chi connectivity index (χ1) is 10.4. The second-order valence-electron chi connectivity index (χ2n) is 6.03. The van der Waals surface area contributed by atoms with Crippen molar-refractivity contribution in [2.75, 3.05) is 19.1 Å². The molecule has 6 heteroatoms. The van der Waals surface area contributed by atoms with E-state index in [9.17, 15) is 4.79 Å². The number of nitrogens with zero attached hydrogens (tertiary/aromatic N) is 2. The summed E-state index contributed by atoms with van der Waals surface area (Å²) in [5.41, 5.74) is 0.601. The number of ether oxygens (including phenoxy) is 1. The Balaban J connectivity index is 2.62. The molecule has 1 aromatic heterocycles. The molecule has 0 aliphatic rings. The number of carbonyl (C=O) groups is 1. The summed E-state index contributed by atoms with van der Waals surface area (Å²) in [4.78, 5) is 17.4. The largest absolute Gasteiger partial charge is 0.497 e. The fourth-order valence-corrected chi connectivity index (χ4v) is 3.31. The summed E-state index contributed by atoms with van der Waals surface area (Å²) >= 11 is 3.33. The quantitative estimate of drug-likeness (QED) is 0.856. The Hall–Kier alpha value is -1.27. The Morgan fingerprint density at radius 2 is 2.14 bits per heavy atom. The topological polar surface area (TPSA) is 43.6 Å². The van der Waals surface area contributed by atoms with Crippen LogP contribution in [-0.2, 0) is 11.3 Å². The molecule has 0 aliphatic heterocycles. The zero-order chi connectivity index (χ0) is 16.3. The lowest BCUT2D eigenvalue weighted by Gasteiger charge is -2.12. The van der Waals surface area contributed by atoms with Gasteiger partial charge in [-0.25, -0.2) is 0 Å². The number of amides is 1. The van der Waals surface area contributed by atoms with Gasteiger partial charge in [0.25, 0.3) is 5.91 Å². The molecule has 2 aromatic rings. The monoisotopic (exact) mass is 338 g/mol. The van der Waals surface area contributed by atoms with Crippen LogP contribution in [0.1, 0.15) is 20.8 Å². The number of hydrogen-bond donors (Lipinski definition) is 0. The minimum absolute atomic E-state index is 0.0936. The molecule has 0 saturated carbocycles. The van der Waals surface area contributed by atoms with Crippen molar-refractivity contribution in [2.24, 2.45) is 10.4 Å². The molecule has 120 valence electrons. The minimum atomic E-state index is -0.467. The Kier molecular flexibility index (Phi) is 5.34. The first-order valence-electron chi connectivity index (χ1n) is 7.12. The standard InChI is InChI=1S/C16H22N2O2S2/c1-16(2,3)14(19)17-15-18(8-9-21-5)12-10-11(20-4)6-7-13(12)22-15/h6-7,10H,8-9H2,1-5H3. The molecule has 0 unspecified atom stereocenters. The van der Waals surface area contributed by atoms with E-state index in [1.807, 2.05) is 39.0 Å². The van der Waals surface area contributed by atoms with Gasteiger partial charge in [-0.05, 0) is 18.4 Å². The fraction of sp³-hybridized carbons (Fsp3) is 0.500. The maximum atomic E-state index is 12.3. The van der Waals surface area contributed by atoms with Gasteiger partial charge >= 0.3 is 0 Å². The first kappa shape index (κ1) is 17.1. The number of aromatic nitrogens is 1. The molecule has 4 nitrogen and oxygen atoms in total. The van der Waals surface area contributed by atoms with Gasteiger partial charge in [0.15, 0.2) is 4.80 Å². The average Bonchev–Trinajstić information content (AvgIpc) is 2.80. The summed E-state index contributed by atoms with van der Waals surface area (Å²) in [5.74, 6) is 1.70. The van der Waals surface area contributed by atoms with Gasteiger partial charge in [-0.1, -0.05) is 32.1 Å². The van der Waals surface area contributed by atoms with Crippen molar-refractivity contribution in [2.45, 2.75) is 27.3 Å². The van der Waals surface area contributed by atoms with Crippen molar-refractivity contribution >= 4 is 39.2 Å². The van der Waals surface area contributed by atoms with Crippen LogP contribution >= 0.6 is 23.1 Å². The van der Waals surface area contributed by atoms with Crippen LogP contribution < -0.4 is 9.54 Å². The second-order valence-corrected chi connectivity index (χ2v) is 8.02. The molecule has 0 aliphatic carbocycles. The van der Waals surface area contributed by atoms with Crippen molar-refractivity contribution in [3.8, 4) is 5.75 Å². The summed E-state index contributed by atoms with van der Waals surface area (Å²) in [7, 11) is 1.66. The molecule has 0 radical (unpaired) electrons. The first-order valence-corrected chi connectivity index (χ1v) is 9.33. The summed E-state index contributed by atoms with van der Waals surface area (Å²) in [6.45, 7) is 6.49. The molecule has 0 saturated heterocycles. The van der Waals surface area contributed by atoms with Crippen molar-refractivity contribution in [3.63, 3.8) is 0 Å². The number of thioether (sulfide) groups is 1. The van der Waals surface area contributed by atoms with Crippen molar-refractivity contribution in [3.05, 3.63) is 23.0 Å². The third-order valence-corrected chi connectivity index (χ3v) is 4.90. The third-order valence-electron chi connectivity index (χ3n) is 3.25. The summed E-state index contributed by atoms with van der Waals surface area (Å²) < 4.78 is 8.54. The van der Waals surface area contributed by atoms with Crippen LogP contribution in [0.2, 0.25) is 0 Å². The lowest BCUT2D eigenvalue weighted by atomic mass is 9.96. The molecule has 1 aromatic carbocycles. The van der Waals surface area contributed by atoms with Gasteiger partial charge in [-0.15, -0.1) is 0 Å². The molecule has 0 spiro atoms. The van der Waals surface area contributed by atoms with Crippen LogP contribution in [0.4, 0.5) is 0 Å². The number of fused-ring (bicyclic) bond motifs is 1. The molecule has 1 heterocycles. The second kappa shape index (κ2) is 6.87. The van der Waals surface area contributed by atoms with Gasteiger partial charge in [0.1, 0.15) is 5.75 Å². The van der Waals surface area contributed by atoms with E-state index in [4.69, 9.17) is 4.74 Å². The normalized spacial score (nSPS) is 12.9. The van der Waals surface area contributed by atoms with Gasteiger partial charge in [-0.3, -0.25) is 4.79 Å². The number of carbonyl (C=O) groups excluding carboxylic acids is 1. The lowest BCUT2D eigenvalue weighted by Crippen LogP contribution is -2.24. The maximum Gasteiger partial charge on any atom is 0.253 e. The highest BCUT2D eigenvalue weighted by atomic mass is 32.2. The van der Waals surface area contributed by atoms with Crippen LogP contribution in [0.3, 0.4) is 0 Å². The van der Waals surface area contributed by atoms with Crippen LogP contribution in [-0.4, -0.2) is 29.6 Å². The van der Waals surface area contributed by atoms with Crippen LogP contribution in [0.15, 0.2) is 23.2 Å². The molecule has 0 bridgehead atoms. The summed E-state index contributed by atoms with van der Waals surface area (Å²) in [5, 5.41) is 0. The predicted molar refractivity (Wildman–Crippen MR) is 94.8 cm³/mol. The third kappa shape index (κ3) is 3.73. The smallest absolute Gasteiger partial charge is 0.253 e. The van der Waals surface area contributed by atoms with Gasteiger partial charge in [0.2, 0.25) is 0 Å². The van der Waals surface area contributed by atoms with E-state index in [1.165, 1.54) is 0 Å². The Morgan fingerprint density at radius 3 is 2.73 bits per heavy atom. The fourth-order valence-electron chi connectivity index (χ4n) is 1.91. The molecule has 0 N–H and O–H groups in total. The zero-order valence-corrected chi connectivity index (χ0v) is 15.3. The molecule has 1 amide bonds. The predicted octanol–water partition coefficient (Wildman–Crippen LogP) is 3.55. The van der Waals surface area contributed by atoms with E-state index in [2.05, 4.69) is 15.8 Å². The summed E-state index contributed by atoms with van der Waals surface area (Å²) in [6.07, 6.45) is 2.08. The molecule has 0 fully saturated rings. The van der Waals surface area contributed by atoms with Crippen LogP contribution in [0.5, 0.6) is 5.75 Å². The number of thiazole rings is 1. The Labute approximate surface area is 139 Å². The highest BCUT2D eigenvalue weighted by Crippen LogP contribution is 2.23. The molecular formula is C16H22N2O2S2. The molecule has 2 rings (SSSR count). The van der Waals surface area contributed by atoms with E-state index < -0.39 is 5.41 Å². The summed E-state index contributed by atoms with van der Waals surface area (Å²) in [6, 6.07) is 5.97. The number of hydrogen-bond acceptors (Lipinski definition) is 4. The van der Waals surface area contributed by atoms with Crippen molar-refractivity contribution < 1.29 is 9.53 Å². The van der Waals surface area contributed by atoms with Crippen molar-refractivity contribution in [1.82, 2.24) is 4.57 Å². The van der Waals surface area contributed by atoms with Gasteiger partial charge in [0.05, 0.1) is 17.3 Å². The maximum absolute atomic E-state index is 12.3. The van der Waals surface area contributed by atoms with E-state index in [1.54, 1.807) is 30.2 Å². The number of benzene rings is 1. The minimum Gasteiger partial charge on any atom is -0.497 e. The SMILES string of the molecule is COc1ccc2sc(=NC(=O)C(C)(C)C)n(CCSC)c2c1. The molecular weight excluding hydrogens is 316 g/mol. The van der Waals surface area contributed by atoms with Gasteiger partial charge in [0, 0.05) is 23.8 Å². The molecule has 0 atom stereocenters. The highest BCUT2D eigenvalue weighted by Gasteiger charge is 2.21. The number of rotatable bonds is 4. The van der Waals surface area contributed by atoms with E-state index in [0.29, 0.717) is 0 Å². The Morgan fingerprint density at radius 1 is 1.41 bits per heavy atom. The van der Waals surface area contributed by atoms with E-state index >= 15 is 0 Å². The van der Waals surface area contributed by atoms with Crippen LogP contribution in [0.25, 0.3) is 10.2 Å². The average molecular weight is 338 g/mol. The Bertz CT molecular complexity index is 739. The van der Waals surface area contributed by atoms with Crippen molar-refractivity contribution in [1.29, 1.82) is 0 Å². The van der Waals surface area contributed by atoms with Crippen LogP contribution in [0, 0.1) is 5.41 Å².